The number of nitrogens with zero attached hydrogens (tertiary/aromatic N) is 2. The van der Waals surface area contributed by atoms with Crippen LogP contribution in [0, 0.1) is 0 Å². The molecule has 0 aliphatic carbocycles. The van der Waals surface area contributed by atoms with Gasteiger partial charge in [0.25, 0.3) is 0 Å². The number of ether oxygens (including phenoxy) is 2. The minimum Gasteiger partial charge on any atom is -0.493 e. The highest BCUT2D eigenvalue weighted by atomic mass is 32.2. The van der Waals surface area contributed by atoms with Gasteiger partial charge in [-0.1, -0.05) is 29.2 Å². The van der Waals surface area contributed by atoms with Crippen LogP contribution in [0.2, 0.25) is 0 Å². The molecule has 0 saturated carbocycles. The Morgan fingerprint density at radius 3 is 2.80 bits per heavy atom. The van der Waals surface area contributed by atoms with Crippen LogP contribution in [0.5, 0.6) is 11.5 Å². The predicted octanol–water partition coefficient (Wildman–Crippen LogP) is 4.90. The Hall–Kier alpha value is -2.43. The number of thioether (sulfide) groups is 1. The van der Waals surface area contributed by atoms with E-state index in [1.807, 2.05) is 11.4 Å². The topological polar surface area (TPSA) is 90.4 Å². The van der Waals surface area contributed by atoms with Gasteiger partial charge in [-0.15, -0.1) is 21.5 Å². The number of ketones is 1. The average molecular weight is 464 g/mol. The van der Waals surface area contributed by atoms with E-state index in [0.29, 0.717) is 41.6 Å². The number of Topliss-reactive ketones (excluding diaryl/α,β-unsaturated/α-hetero) is 1. The van der Waals surface area contributed by atoms with E-state index in [4.69, 9.17) is 9.47 Å². The summed E-state index contributed by atoms with van der Waals surface area (Å²) in [6.45, 7) is 1.85. The minimum atomic E-state index is -0.136. The molecule has 2 heterocycles. The van der Waals surface area contributed by atoms with E-state index in [1.165, 1.54) is 30.2 Å². The van der Waals surface area contributed by atoms with Crippen LogP contribution in [0.4, 0.5) is 5.13 Å². The van der Waals surface area contributed by atoms with E-state index in [1.54, 1.807) is 41.3 Å². The van der Waals surface area contributed by atoms with Crippen molar-refractivity contribution in [2.45, 2.75) is 29.9 Å². The van der Waals surface area contributed by atoms with E-state index < -0.39 is 0 Å². The van der Waals surface area contributed by atoms with Gasteiger partial charge in [-0.25, -0.2) is 0 Å². The fourth-order valence-corrected chi connectivity index (χ4v) is 4.99. The van der Waals surface area contributed by atoms with Crippen molar-refractivity contribution in [1.82, 2.24) is 10.2 Å². The van der Waals surface area contributed by atoms with Gasteiger partial charge in [0, 0.05) is 22.6 Å². The summed E-state index contributed by atoms with van der Waals surface area (Å²) in [6.07, 6.45) is 0.827. The molecule has 1 aromatic carbocycles. The number of anilines is 1. The Morgan fingerprint density at radius 1 is 1.20 bits per heavy atom. The molecule has 0 atom stereocenters. The first-order valence-electron chi connectivity index (χ1n) is 9.15. The third-order valence-electron chi connectivity index (χ3n) is 3.95. The number of carbonyl (C=O) groups is 2. The summed E-state index contributed by atoms with van der Waals surface area (Å²) in [7, 11) is 1.52. The number of hydrogen-bond donors (Lipinski definition) is 1. The molecule has 0 aliphatic heterocycles. The lowest BCUT2D eigenvalue weighted by atomic mass is 10.1. The second-order valence-electron chi connectivity index (χ2n) is 6.16. The van der Waals surface area contributed by atoms with Crippen LogP contribution in [0.3, 0.4) is 0 Å². The van der Waals surface area contributed by atoms with Gasteiger partial charge < -0.3 is 14.8 Å². The Labute approximate surface area is 186 Å². The molecule has 0 fully saturated rings. The summed E-state index contributed by atoms with van der Waals surface area (Å²) >= 11 is 4.67. The molecule has 2 aromatic heterocycles. The maximum atomic E-state index is 12.1. The van der Waals surface area contributed by atoms with Gasteiger partial charge in [-0.05, 0) is 43.0 Å². The lowest BCUT2D eigenvalue weighted by Gasteiger charge is -2.11. The largest absolute Gasteiger partial charge is 0.493 e. The van der Waals surface area contributed by atoms with E-state index in [0.717, 1.165) is 10.1 Å². The normalized spacial score (nSPS) is 10.6. The van der Waals surface area contributed by atoms with Gasteiger partial charge in [0.15, 0.2) is 21.6 Å². The van der Waals surface area contributed by atoms with Crippen molar-refractivity contribution in [3.8, 4) is 11.5 Å². The zero-order valence-corrected chi connectivity index (χ0v) is 19.0. The number of benzene rings is 1. The number of amides is 1. The molecule has 0 spiro atoms. The lowest BCUT2D eigenvalue weighted by molar-refractivity contribution is -0.116. The molecule has 10 heteroatoms. The third kappa shape index (κ3) is 6.54. The van der Waals surface area contributed by atoms with Gasteiger partial charge in [0.05, 0.1) is 13.7 Å². The van der Waals surface area contributed by atoms with Crippen molar-refractivity contribution in [3.63, 3.8) is 0 Å². The first kappa shape index (κ1) is 22.3. The lowest BCUT2D eigenvalue weighted by Crippen LogP contribution is -2.12. The van der Waals surface area contributed by atoms with Gasteiger partial charge in [0.1, 0.15) is 0 Å². The first-order valence-corrected chi connectivity index (χ1v) is 11.8. The zero-order chi connectivity index (χ0) is 21.3. The fourth-order valence-electron chi connectivity index (χ4n) is 2.45. The number of rotatable bonds is 11. The fraction of sp³-hybridized carbons (Fsp3) is 0.300. The van der Waals surface area contributed by atoms with Crippen molar-refractivity contribution < 1.29 is 19.1 Å². The number of aromatic nitrogens is 2. The summed E-state index contributed by atoms with van der Waals surface area (Å²) in [5, 5.41) is 13.4. The molecular weight excluding hydrogens is 442 g/mol. The molecule has 0 saturated heterocycles. The number of nitrogens with one attached hydrogen (secondary N) is 1. The molecule has 7 nitrogen and oxygen atoms in total. The monoisotopic (exact) mass is 463 g/mol. The van der Waals surface area contributed by atoms with Gasteiger partial charge in [-0.3, -0.25) is 9.59 Å². The summed E-state index contributed by atoms with van der Waals surface area (Å²) in [4.78, 5) is 24.8. The Bertz CT molecular complexity index is 989. The number of carbonyl (C=O) groups excluding carboxylic acids is 2. The standard InChI is InChI=1S/C20H21N3O4S3/c1-13(24)14-7-8-16(17(11-14)26-2)27-9-3-6-18(25)21-19-22-23-20(30-19)29-12-15-5-4-10-28-15/h4-5,7-8,10-11H,3,6,9,12H2,1-2H3,(H,21,22,25). The van der Waals surface area contributed by atoms with Crippen molar-refractivity contribution in [3.05, 3.63) is 46.2 Å². The van der Waals surface area contributed by atoms with Crippen LogP contribution in [0.1, 0.15) is 35.0 Å². The minimum absolute atomic E-state index is 0.0405. The number of hydrogen-bond acceptors (Lipinski definition) is 9. The zero-order valence-electron chi connectivity index (χ0n) is 16.5. The van der Waals surface area contributed by atoms with Crippen molar-refractivity contribution >= 4 is 51.3 Å². The predicted molar refractivity (Wildman–Crippen MR) is 120 cm³/mol. The molecular formula is C20H21N3O4S3. The molecule has 3 aromatic rings. The SMILES string of the molecule is COc1cc(C(C)=O)ccc1OCCCC(=O)Nc1nnc(SCc2cccs2)s1. The second kappa shape index (κ2) is 11.1. The Morgan fingerprint density at radius 2 is 2.07 bits per heavy atom. The molecule has 0 radical (unpaired) electrons. The molecule has 0 unspecified atom stereocenters. The van der Waals surface area contributed by atoms with Crippen molar-refractivity contribution in [2.75, 3.05) is 19.0 Å². The van der Waals surface area contributed by atoms with Crippen LogP contribution in [-0.2, 0) is 10.5 Å². The smallest absolute Gasteiger partial charge is 0.226 e. The highest BCUT2D eigenvalue weighted by Crippen LogP contribution is 2.30. The Balaban J connectivity index is 1.39. The molecule has 30 heavy (non-hydrogen) atoms. The van der Waals surface area contributed by atoms with Crippen LogP contribution in [0.15, 0.2) is 40.1 Å². The summed E-state index contributed by atoms with van der Waals surface area (Å²) < 4.78 is 11.8. The maximum Gasteiger partial charge on any atom is 0.226 e. The summed E-state index contributed by atoms with van der Waals surface area (Å²) in [5.74, 6) is 1.70. The average Bonchev–Trinajstić information content (AvgIpc) is 3.41. The van der Waals surface area contributed by atoms with Crippen molar-refractivity contribution in [1.29, 1.82) is 0 Å². The molecule has 0 aliphatic rings. The number of methoxy groups -OCH3 is 1. The summed E-state index contributed by atoms with van der Waals surface area (Å²) in [6, 6.07) is 9.14. The van der Waals surface area contributed by atoms with Gasteiger partial charge in [0.2, 0.25) is 11.0 Å². The first-order chi connectivity index (χ1) is 14.5. The molecule has 158 valence electrons. The van der Waals surface area contributed by atoms with Gasteiger partial charge >= 0.3 is 0 Å². The molecule has 1 amide bonds. The van der Waals surface area contributed by atoms with Crippen LogP contribution in [0.25, 0.3) is 0 Å². The van der Waals surface area contributed by atoms with E-state index in [2.05, 4.69) is 21.6 Å². The molecule has 1 N–H and O–H groups in total. The van der Waals surface area contributed by atoms with Crippen LogP contribution in [-0.4, -0.2) is 35.6 Å². The number of thiophene rings is 1. The van der Waals surface area contributed by atoms with Crippen molar-refractivity contribution in [2.24, 2.45) is 0 Å². The highest BCUT2D eigenvalue weighted by molar-refractivity contribution is 8.00. The Kier molecular flexibility index (Phi) is 8.23. The van der Waals surface area contributed by atoms with E-state index in [-0.39, 0.29) is 11.7 Å². The van der Waals surface area contributed by atoms with Crippen LogP contribution >= 0.6 is 34.4 Å². The third-order valence-corrected chi connectivity index (χ3v) is 7.03. The second-order valence-corrected chi connectivity index (χ2v) is 9.40. The highest BCUT2D eigenvalue weighted by Gasteiger charge is 2.11. The molecule has 0 bridgehead atoms. The van der Waals surface area contributed by atoms with E-state index in [9.17, 15) is 9.59 Å². The van der Waals surface area contributed by atoms with Crippen LogP contribution < -0.4 is 14.8 Å². The van der Waals surface area contributed by atoms with Gasteiger partial charge in [-0.2, -0.15) is 0 Å². The quantitative estimate of drug-likeness (QED) is 0.187. The summed E-state index contributed by atoms with van der Waals surface area (Å²) in [5.41, 5.74) is 0.559. The molecule has 3 rings (SSSR count). The maximum absolute atomic E-state index is 12.1. The van der Waals surface area contributed by atoms with E-state index >= 15 is 0 Å².